The number of hydrogen-bond donors (Lipinski definition) is 1. The Hall–Kier alpha value is -0.460. The zero-order valence-electron chi connectivity index (χ0n) is 6.48. The molecule has 0 saturated carbocycles. The van der Waals surface area contributed by atoms with Crippen molar-refractivity contribution < 1.29 is 0 Å². The van der Waals surface area contributed by atoms with Gasteiger partial charge in [0.05, 0.1) is 0 Å². The molecule has 2 N–H and O–H groups in total. The van der Waals surface area contributed by atoms with Gasteiger partial charge < -0.3 is 5.73 Å². The lowest BCUT2D eigenvalue weighted by atomic mass is 10.2. The molecule has 0 saturated heterocycles. The van der Waals surface area contributed by atoms with Gasteiger partial charge in [0.2, 0.25) is 0 Å². The van der Waals surface area contributed by atoms with Crippen LogP contribution in [0.5, 0.6) is 0 Å². The average Bonchev–Trinajstić information content (AvgIpc) is 1.85. The van der Waals surface area contributed by atoms with Crippen molar-refractivity contribution in [2.24, 2.45) is 5.73 Å². The van der Waals surface area contributed by atoms with Gasteiger partial charge in [0.1, 0.15) is 0 Å². The number of rotatable bonds is 4. The van der Waals surface area contributed by atoms with Gasteiger partial charge in [-0.1, -0.05) is 26.3 Å². The van der Waals surface area contributed by atoms with Gasteiger partial charge in [-0.15, -0.1) is 0 Å². The summed E-state index contributed by atoms with van der Waals surface area (Å²) in [6, 6.07) is 0. The standard InChI is InChI=1S/C8H17N/c1-3-5-7-8(9)6-4-2/h6H,3-5,7,9H2,1-2H3/b8-6+. The summed E-state index contributed by atoms with van der Waals surface area (Å²) in [4.78, 5) is 0. The van der Waals surface area contributed by atoms with Gasteiger partial charge in [0, 0.05) is 5.70 Å². The predicted molar refractivity (Wildman–Crippen MR) is 42.1 cm³/mol. The highest BCUT2D eigenvalue weighted by Gasteiger charge is 1.86. The molecular weight excluding hydrogens is 110 g/mol. The van der Waals surface area contributed by atoms with Crippen LogP contribution in [0.4, 0.5) is 0 Å². The van der Waals surface area contributed by atoms with Crippen molar-refractivity contribution in [1.82, 2.24) is 0 Å². The zero-order valence-corrected chi connectivity index (χ0v) is 6.48. The molecule has 0 aliphatic rings. The number of nitrogens with two attached hydrogens (primary N) is 1. The Morgan fingerprint density at radius 3 is 2.56 bits per heavy atom. The summed E-state index contributed by atoms with van der Waals surface area (Å²) in [5.41, 5.74) is 6.69. The van der Waals surface area contributed by atoms with Crippen molar-refractivity contribution in [3.63, 3.8) is 0 Å². The highest BCUT2D eigenvalue weighted by atomic mass is 14.6. The van der Waals surface area contributed by atoms with Crippen molar-refractivity contribution >= 4 is 0 Å². The van der Waals surface area contributed by atoms with E-state index in [1.54, 1.807) is 0 Å². The normalized spacial score (nSPS) is 12.0. The topological polar surface area (TPSA) is 26.0 Å². The van der Waals surface area contributed by atoms with E-state index >= 15 is 0 Å². The Morgan fingerprint density at radius 2 is 2.11 bits per heavy atom. The van der Waals surface area contributed by atoms with Gasteiger partial charge in [0.15, 0.2) is 0 Å². The Kier molecular flexibility index (Phi) is 5.38. The molecule has 0 aromatic carbocycles. The van der Waals surface area contributed by atoms with Gasteiger partial charge in [-0.2, -0.15) is 0 Å². The third kappa shape index (κ3) is 5.41. The van der Waals surface area contributed by atoms with E-state index in [-0.39, 0.29) is 0 Å². The highest BCUT2D eigenvalue weighted by Crippen LogP contribution is 2.01. The van der Waals surface area contributed by atoms with Crippen molar-refractivity contribution in [2.75, 3.05) is 0 Å². The minimum Gasteiger partial charge on any atom is -0.402 e. The smallest absolute Gasteiger partial charge is 0.00398 e. The molecule has 0 unspecified atom stereocenters. The summed E-state index contributed by atoms with van der Waals surface area (Å²) in [7, 11) is 0. The molecule has 0 amide bonds. The number of allylic oxidation sites excluding steroid dienone is 2. The van der Waals surface area contributed by atoms with E-state index in [4.69, 9.17) is 5.73 Å². The fourth-order valence-electron chi connectivity index (χ4n) is 0.745. The van der Waals surface area contributed by atoms with Crippen molar-refractivity contribution in [2.45, 2.75) is 39.5 Å². The monoisotopic (exact) mass is 127 g/mol. The summed E-state index contributed by atoms with van der Waals surface area (Å²) < 4.78 is 0. The highest BCUT2D eigenvalue weighted by molar-refractivity contribution is 4.94. The van der Waals surface area contributed by atoms with Crippen LogP contribution in [0.1, 0.15) is 39.5 Å². The van der Waals surface area contributed by atoms with Crippen molar-refractivity contribution in [1.29, 1.82) is 0 Å². The van der Waals surface area contributed by atoms with Crippen molar-refractivity contribution in [3.05, 3.63) is 11.8 Å². The van der Waals surface area contributed by atoms with Crippen LogP contribution in [0.2, 0.25) is 0 Å². The average molecular weight is 127 g/mol. The first-order valence-electron chi connectivity index (χ1n) is 3.75. The lowest BCUT2D eigenvalue weighted by molar-refractivity contribution is 0.777. The second kappa shape index (κ2) is 5.67. The van der Waals surface area contributed by atoms with E-state index in [2.05, 4.69) is 19.9 Å². The summed E-state index contributed by atoms with van der Waals surface area (Å²) in [6.45, 7) is 4.29. The van der Waals surface area contributed by atoms with E-state index in [1.165, 1.54) is 12.8 Å². The van der Waals surface area contributed by atoms with Crippen LogP contribution in [0.15, 0.2) is 11.8 Å². The molecular formula is C8H17N. The molecule has 0 fully saturated rings. The third-order valence-electron chi connectivity index (χ3n) is 1.29. The molecule has 0 heterocycles. The molecule has 0 aliphatic carbocycles. The summed E-state index contributed by atoms with van der Waals surface area (Å²) in [6.07, 6.45) is 6.69. The van der Waals surface area contributed by atoms with Gasteiger partial charge in [-0.3, -0.25) is 0 Å². The maximum atomic E-state index is 5.63. The lowest BCUT2D eigenvalue weighted by Crippen LogP contribution is -1.95. The minimum absolute atomic E-state index is 1.05. The molecule has 1 nitrogen and oxygen atoms in total. The first-order valence-corrected chi connectivity index (χ1v) is 3.75. The Morgan fingerprint density at radius 1 is 1.44 bits per heavy atom. The van der Waals surface area contributed by atoms with Gasteiger partial charge in [0.25, 0.3) is 0 Å². The maximum Gasteiger partial charge on any atom is 0.00398 e. The molecule has 54 valence electrons. The van der Waals surface area contributed by atoms with Crippen LogP contribution >= 0.6 is 0 Å². The second-order valence-corrected chi connectivity index (χ2v) is 2.29. The molecule has 9 heavy (non-hydrogen) atoms. The fourth-order valence-corrected chi connectivity index (χ4v) is 0.745. The summed E-state index contributed by atoms with van der Waals surface area (Å²) >= 11 is 0. The van der Waals surface area contributed by atoms with Crippen LogP contribution in [0, 0.1) is 0 Å². The summed E-state index contributed by atoms with van der Waals surface area (Å²) in [5.74, 6) is 0. The van der Waals surface area contributed by atoms with E-state index in [9.17, 15) is 0 Å². The van der Waals surface area contributed by atoms with Gasteiger partial charge in [-0.05, 0) is 19.3 Å². The van der Waals surface area contributed by atoms with Crippen LogP contribution in [0.3, 0.4) is 0 Å². The number of unbranched alkanes of at least 4 members (excludes halogenated alkanes) is 1. The molecule has 0 bridgehead atoms. The van der Waals surface area contributed by atoms with Crippen LogP contribution in [-0.2, 0) is 0 Å². The molecule has 0 radical (unpaired) electrons. The van der Waals surface area contributed by atoms with E-state index in [1.807, 2.05) is 0 Å². The minimum atomic E-state index is 1.05. The molecule has 0 aromatic heterocycles. The molecule has 0 rings (SSSR count). The van der Waals surface area contributed by atoms with E-state index in [0.717, 1.165) is 18.5 Å². The largest absolute Gasteiger partial charge is 0.402 e. The molecule has 0 aliphatic heterocycles. The Labute approximate surface area is 57.9 Å². The first-order chi connectivity index (χ1) is 4.31. The lowest BCUT2D eigenvalue weighted by Gasteiger charge is -1.96. The third-order valence-corrected chi connectivity index (χ3v) is 1.29. The van der Waals surface area contributed by atoms with Crippen LogP contribution < -0.4 is 5.73 Å². The van der Waals surface area contributed by atoms with Crippen molar-refractivity contribution in [3.8, 4) is 0 Å². The van der Waals surface area contributed by atoms with E-state index < -0.39 is 0 Å². The zero-order chi connectivity index (χ0) is 7.11. The molecule has 1 heteroatoms. The van der Waals surface area contributed by atoms with Gasteiger partial charge >= 0.3 is 0 Å². The fraction of sp³-hybridized carbons (Fsp3) is 0.750. The second-order valence-electron chi connectivity index (χ2n) is 2.29. The predicted octanol–water partition coefficient (Wildman–Crippen LogP) is 2.43. The van der Waals surface area contributed by atoms with Crippen LogP contribution in [0.25, 0.3) is 0 Å². The van der Waals surface area contributed by atoms with Gasteiger partial charge in [-0.25, -0.2) is 0 Å². The van der Waals surface area contributed by atoms with Crippen LogP contribution in [-0.4, -0.2) is 0 Å². The first kappa shape index (κ1) is 8.54. The SMILES string of the molecule is CC/C=C(/N)CCCC. The number of hydrogen-bond acceptors (Lipinski definition) is 1. The molecule has 0 aromatic rings. The Bertz CT molecular complexity index is 84.6. The van der Waals surface area contributed by atoms with E-state index in [0.29, 0.717) is 0 Å². The quantitative estimate of drug-likeness (QED) is 0.616. The Balaban J connectivity index is 3.25. The maximum absolute atomic E-state index is 5.63. The summed E-state index contributed by atoms with van der Waals surface area (Å²) in [5, 5.41) is 0. The molecule has 0 spiro atoms. The molecule has 0 atom stereocenters.